The average Bonchev–Trinajstić information content (AvgIpc) is 2.18. The Balaban J connectivity index is 2.92. The summed E-state index contributed by atoms with van der Waals surface area (Å²) in [4.78, 5) is 0. The highest BCUT2D eigenvalue weighted by atomic mass is 15.0. The van der Waals surface area contributed by atoms with Crippen molar-refractivity contribution in [2.75, 3.05) is 12.3 Å². The topological polar surface area (TPSA) is 38.0 Å². The van der Waals surface area contributed by atoms with Crippen LogP contribution >= 0.6 is 0 Å². The van der Waals surface area contributed by atoms with E-state index in [4.69, 9.17) is 5.73 Å². The van der Waals surface area contributed by atoms with Gasteiger partial charge in [-0.1, -0.05) is 19.9 Å². The molecule has 1 aromatic rings. The second-order valence-electron chi connectivity index (χ2n) is 6.56. The van der Waals surface area contributed by atoms with Gasteiger partial charge in [0.25, 0.3) is 0 Å². The first-order valence-electron chi connectivity index (χ1n) is 6.23. The first-order chi connectivity index (χ1) is 7.62. The zero-order chi connectivity index (χ0) is 13.3. The van der Waals surface area contributed by atoms with Crippen molar-refractivity contribution in [3.05, 3.63) is 29.3 Å². The molecule has 0 aromatic heterocycles. The van der Waals surface area contributed by atoms with E-state index in [0.29, 0.717) is 0 Å². The minimum Gasteiger partial charge on any atom is -0.399 e. The van der Waals surface area contributed by atoms with E-state index < -0.39 is 0 Å². The number of aryl methyl sites for hydroxylation is 1. The number of hydrogen-bond acceptors (Lipinski definition) is 2. The van der Waals surface area contributed by atoms with Gasteiger partial charge in [0.2, 0.25) is 0 Å². The van der Waals surface area contributed by atoms with Crippen LogP contribution in [-0.4, -0.2) is 12.1 Å². The van der Waals surface area contributed by atoms with Crippen molar-refractivity contribution in [3.8, 4) is 0 Å². The van der Waals surface area contributed by atoms with Crippen LogP contribution in [0, 0.1) is 6.92 Å². The van der Waals surface area contributed by atoms with E-state index in [1.807, 2.05) is 6.07 Å². The molecule has 0 aliphatic heterocycles. The Labute approximate surface area is 106 Å². The molecule has 1 aromatic carbocycles. The predicted octanol–water partition coefficient (Wildman–Crippen LogP) is 3.24. The van der Waals surface area contributed by atoms with Gasteiger partial charge >= 0.3 is 0 Å². The maximum Gasteiger partial charge on any atom is 0.0317 e. The molecule has 0 bridgehead atoms. The van der Waals surface area contributed by atoms with E-state index in [9.17, 15) is 0 Å². The molecule has 0 amide bonds. The van der Waals surface area contributed by atoms with Gasteiger partial charge in [0, 0.05) is 23.2 Å². The highest BCUT2D eigenvalue weighted by Crippen LogP contribution is 2.28. The van der Waals surface area contributed by atoms with Gasteiger partial charge < -0.3 is 11.1 Å². The maximum atomic E-state index is 5.89. The predicted molar refractivity (Wildman–Crippen MR) is 76.4 cm³/mol. The Hall–Kier alpha value is -1.02. The molecule has 2 nitrogen and oxygen atoms in total. The quantitative estimate of drug-likeness (QED) is 0.788. The van der Waals surface area contributed by atoms with Crippen LogP contribution in [0.5, 0.6) is 0 Å². The van der Waals surface area contributed by atoms with Gasteiger partial charge in [-0.2, -0.15) is 0 Å². The van der Waals surface area contributed by atoms with Crippen molar-refractivity contribution in [1.29, 1.82) is 0 Å². The molecular weight excluding hydrogens is 208 g/mol. The molecule has 0 fully saturated rings. The highest BCUT2D eigenvalue weighted by molar-refractivity contribution is 5.47. The Bertz CT molecular complexity index is 386. The minimum absolute atomic E-state index is 0.0900. The number of nitrogens with one attached hydrogen (secondary N) is 1. The van der Waals surface area contributed by atoms with Gasteiger partial charge in [0.05, 0.1) is 0 Å². The summed E-state index contributed by atoms with van der Waals surface area (Å²) in [6.07, 6.45) is 0. The standard InChI is InChI=1S/C15H26N2/c1-11-7-8-12(16)9-13(11)15(5,6)10-17-14(2,3)4/h7-9,17H,10,16H2,1-6H3. The summed E-state index contributed by atoms with van der Waals surface area (Å²) in [5.41, 5.74) is 9.60. The summed E-state index contributed by atoms with van der Waals surface area (Å²) < 4.78 is 0. The van der Waals surface area contributed by atoms with Crippen LogP contribution in [0.3, 0.4) is 0 Å². The van der Waals surface area contributed by atoms with E-state index >= 15 is 0 Å². The van der Waals surface area contributed by atoms with Crippen LogP contribution in [0.4, 0.5) is 5.69 Å². The molecule has 0 spiro atoms. The van der Waals surface area contributed by atoms with Gasteiger partial charge in [0.15, 0.2) is 0 Å². The number of rotatable bonds is 3. The van der Waals surface area contributed by atoms with E-state index in [1.54, 1.807) is 0 Å². The SMILES string of the molecule is Cc1ccc(N)cc1C(C)(C)CNC(C)(C)C. The average molecular weight is 234 g/mol. The summed E-state index contributed by atoms with van der Waals surface area (Å²) in [6, 6.07) is 6.16. The summed E-state index contributed by atoms with van der Waals surface area (Å²) in [7, 11) is 0. The number of benzene rings is 1. The van der Waals surface area contributed by atoms with E-state index in [1.165, 1.54) is 11.1 Å². The first kappa shape index (κ1) is 14.0. The normalized spacial score (nSPS) is 12.8. The van der Waals surface area contributed by atoms with Crippen LogP contribution in [-0.2, 0) is 5.41 Å². The molecule has 0 unspecified atom stereocenters. The Morgan fingerprint density at radius 2 is 1.71 bits per heavy atom. The van der Waals surface area contributed by atoms with Crippen molar-refractivity contribution in [2.24, 2.45) is 0 Å². The molecule has 0 saturated carbocycles. The van der Waals surface area contributed by atoms with Gasteiger partial charge in [0.1, 0.15) is 0 Å². The van der Waals surface area contributed by atoms with Crippen LogP contribution in [0.2, 0.25) is 0 Å². The lowest BCUT2D eigenvalue weighted by atomic mass is 9.81. The van der Waals surface area contributed by atoms with Crippen LogP contribution < -0.4 is 11.1 Å². The fraction of sp³-hybridized carbons (Fsp3) is 0.600. The van der Waals surface area contributed by atoms with E-state index in [-0.39, 0.29) is 11.0 Å². The minimum atomic E-state index is 0.0900. The second-order valence-corrected chi connectivity index (χ2v) is 6.56. The molecule has 0 radical (unpaired) electrons. The van der Waals surface area contributed by atoms with Crippen molar-refractivity contribution in [2.45, 2.75) is 52.5 Å². The van der Waals surface area contributed by atoms with Crippen molar-refractivity contribution in [3.63, 3.8) is 0 Å². The van der Waals surface area contributed by atoms with Crippen LogP contribution in [0.15, 0.2) is 18.2 Å². The fourth-order valence-corrected chi connectivity index (χ4v) is 1.95. The molecule has 0 atom stereocenters. The third-order valence-electron chi connectivity index (χ3n) is 3.05. The van der Waals surface area contributed by atoms with Gasteiger partial charge in [-0.05, 0) is 51.0 Å². The van der Waals surface area contributed by atoms with Gasteiger partial charge in [-0.15, -0.1) is 0 Å². The molecule has 0 heterocycles. The van der Waals surface area contributed by atoms with Crippen molar-refractivity contribution < 1.29 is 0 Å². The molecular formula is C15H26N2. The number of hydrogen-bond donors (Lipinski definition) is 2. The number of nitrogen functional groups attached to an aromatic ring is 1. The largest absolute Gasteiger partial charge is 0.399 e. The second kappa shape index (κ2) is 4.69. The lowest BCUT2D eigenvalue weighted by Crippen LogP contribution is -2.43. The fourth-order valence-electron chi connectivity index (χ4n) is 1.95. The molecule has 2 heteroatoms. The van der Waals surface area contributed by atoms with E-state index in [0.717, 1.165) is 12.2 Å². The van der Waals surface area contributed by atoms with Crippen molar-refractivity contribution in [1.82, 2.24) is 5.32 Å². The van der Waals surface area contributed by atoms with E-state index in [2.05, 4.69) is 59.0 Å². The van der Waals surface area contributed by atoms with Gasteiger partial charge in [-0.25, -0.2) is 0 Å². The Morgan fingerprint density at radius 1 is 1.12 bits per heavy atom. The molecule has 0 saturated heterocycles. The third-order valence-corrected chi connectivity index (χ3v) is 3.05. The van der Waals surface area contributed by atoms with Crippen LogP contribution in [0.25, 0.3) is 0 Å². The monoisotopic (exact) mass is 234 g/mol. The summed E-state index contributed by atoms with van der Waals surface area (Å²) in [6.45, 7) is 14.2. The molecule has 3 N–H and O–H groups in total. The third kappa shape index (κ3) is 4.04. The lowest BCUT2D eigenvalue weighted by Gasteiger charge is -2.32. The van der Waals surface area contributed by atoms with Crippen LogP contribution in [0.1, 0.15) is 45.7 Å². The van der Waals surface area contributed by atoms with Gasteiger partial charge in [-0.3, -0.25) is 0 Å². The molecule has 1 rings (SSSR count). The highest BCUT2D eigenvalue weighted by Gasteiger charge is 2.24. The first-order valence-corrected chi connectivity index (χ1v) is 6.23. The molecule has 96 valence electrons. The zero-order valence-electron chi connectivity index (χ0n) is 12.0. The number of anilines is 1. The number of nitrogens with two attached hydrogens (primary N) is 1. The summed E-state index contributed by atoms with van der Waals surface area (Å²) in [5.74, 6) is 0. The summed E-state index contributed by atoms with van der Waals surface area (Å²) in [5, 5.41) is 3.57. The molecule has 0 aliphatic rings. The summed E-state index contributed by atoms with van der Waals surface area (Å²) >= 11 is 0. The Kier molecular flexibility index (Phi) is 3.88. The van der Waals surface area contributed by atoms with Crippen molar-refractivity contribution >= 4 is 5.69 Å². The Morgan fingerprint density at radius 3 is 2.24 bits per heavy atom. The smallest absolute Gasteiger partial charge is 0.0317 e. The zero-order valence-corrected chi connectivity index (χ0v) is 12.0. The molecule has 0 aliphatic carbocycles. The lowest BCUT2D eigenvalue weighted by molar-refractivity contribution is 0.362. The molecule has 17 heavy (non-hydrogen) atoms. The maximum absolute atomic E-state index is 5.89.